The molecule has 0 heterocycles. The van der Waals surface area contributed by atoms with Crippen molar-refractivity contribution >= 4 is 11.6 Å². The summed E-state index contributed by atoms with van der Waals surface area (Å²) in [7, 11) is 0. The van der Waals surface area contributed by atoms with E-state index in [9.17, 15) is 9.90 Å². The SMILES string of the molecule is CC(O)c1ccccc1NC(=O)C1CCCC1CN. The van der Waals surface area contributed by atoms with Crippen LogP contribution in [0.4, 0.5) is 5.69 Å². The first-order valence-corrected chi connectivity index (χ1v) is 6.91. The van der Waals surface area contributed by atoms with Crippen LogP contribution in [-0.2, 0) is 4.79 Å². The number of amides is 1. The lowest BCUT2D eigenvalue weighted by Crippen LogP contribution is -2.30. The number of hydrogen-bond acceptors (Lipinski definition) is 3. The fraction of sp³-hybridized carbons (Fsp3) is 0.533. The maximum absolute atomic E-state index is 12.3. The van der Waals surface area contributed by atoms with Gasteiger partial charge in [-0.15, -0.1) is 0 Å². The predicted molar refractivity (Wildman–Crippen MR) is 75.6 cm³/mol. The summed E-state index contributed by atoms with van der Waals surface area (Å²) >= 11 is 0. The van der Waals surface area contributed by atoms with E-state index in [-0.39, 0.29) is 11.8 Å². The lowest BCUT2D eigenvalue weighted by Gasteiger charge is -2.19. The molecule has 0 aliphatic heterocycles. The lowest BCUT2D eigenvalue weighted by molar-refractivity contribution is -0.120. The van der Waals surface area contributed by atoms with Crippen LogP contribution in [0.5, 0.6) is 0 Å². The first-order chi connectivity index (χ1) is 9.13. The van der Waals surface area contributed by atoms with E-state index in [0.717, 1.165) is 24.8 Å². The Bertz CT molecular complexity index is 446. The van der Waals surface area contributed by atoms with Crippen molar-refractivity contribution < 1.29 is 9.90 Å². The number of hydrogen-bond donors (Lipinski definition) is 3. The molecule has 0 spiro atoms. The Balaban J connectivity index is 2.11. The van der Waals surface area contributed by atoms with Crippen molar-refractivity contribution in [1.82, 2.24) is 0 Å². The maximum Gasteiger partial charge on any atom is 0.227 e. The molecule has 104 valence electrons. The van der Waals surface area contributed by atoms with Crippen molar-refractivity contribution in [3.05, 3.63) is 29.8 Å². The van der Waals surface area contributed by atoms with E-state index in [2.05, 4.69) is 5.32 Å². The molecule has 3 atom stereocenters. The van der Waals surface area contributed by atoms with Gasteiger partial charge in [-0.3, -0.25) is 4.79 Å². The molecule has 0 aromatic heterocycles. The summed E-state index contributed by atoms with van der Waals surface area (Å²) in [5, 5.41) is 12.7. The normalized spacial score (nSPS) is 24.2. The van der Waals surface area contributed by atoms with Gasteiger partial charge >= 0.3 is 0 Å². The van der Waals surface area contributed by atoms with Gasteiger partial charge in [0.15, 0.2) is 0 Å². The van der Waals surface area contributed by atoms with Crippen molar-refractivity contribution in [3.8, 4) is 0 Å². The van der Waals surface area contributed by atoms with E-state index in [0.29, 0.717) is 18.2 Å². The standard InChI is InChI=1S/C15H22N2O2/c1-10(18)12-6-2-3-8-14(12)17-15(19)13-7-4-5-11(13)9-16/h2-3,6,8,10-11,13,18H,4-5,7,9,16H2,1H3,(H,17,19). The minimum absolute atomic E-state index is 0.00653. The van der Waals surface area contributed by atoms with E-state index < -0.39 is 6.10 Å². The Morgan fingerprint density at radius 3 is 2.89 bits per heavy atom. The third-order valence-corrected chi connectivity index (χ3v) is 3.97. The van der Waals surface area contributed by atoms with Gasteiger partial charge in [-0.25, -0.2) is 0 Å². The summed E-state index contributed by atoms with van der Waals surface area (Å²) < 4.78 is 0. The van der Waals surface area contributed by atoms with Crippen LogP contribution < -0.4 is 11.1 Å². The quantitative estimate of drug-likeness (QED) is 0.777. The van der Waals surface area contributed by atoms with E-state index in [1.807, 2.05) is 24.3 Å². The van der Waals surface area contributed by atoms with Crippen LogP contribution in [0, 0.1) is 11.8 Å². The first-order valence-electron chi connectivity index (χ1n) is 6.91. The molecule has 1 fully saturated rings. The highest BCUT2D eigenvalue weighted by atomic mass is 16.3. The largest absolute Gasteiger partial charge is 0.389 e. The monoisotopic (exact) mass is 262 g/mol. The third-order valence-electron chi connectivity index (χ3n) is 3.97. The maximum atomic E-state index is 12.3. The molecule has 19 heavy (non-hydrogen) atoms. The molecule has 4 heteroatoms. The number of rotatable bonds is 4. The number of aliphatic hydroxyl groups excluding tert-OH is 1. The Kier molecular flexibility index (Phi) is 4.56. The zero-order valence-electron chi connectivity index (χ0n) is 11.3. The molecule has 1 aliphatic carbocycles. The van der Waals surface area contributed by atoms with Gasteiger partial charge in [-0.05, 0) is 38.3 Å². The second kappa shape index (κ2) is 6.17. The zero-order valence-corrected chi connectivity index (χ0v) is 11.3. The smallest absolute Gasteiger partial charge is 0.227 e. The number of aliphatic hydroxyl groups is 1. The molecule has 1 aromatic carbocycles. The van der Waals surface area contributed by atoms with E-state index >= 15 is 0 Å². The number of para-hydroxylation sites is 1. The number of carbonyl (C=O) groups is 1. The van der Waals surface area contributed by atoms with Gasteiger partial charge in [0.25, 0.3) is 0 Å². The van der Waals surface area contributed by atoms with Crippen LogP contribution in [0.2, 0.25) is 0 Å². The van der Waals surface area contributed by atoms with Gasteiger partial charge < -0.3 is 16.2 Å². The van der Waals surface area contributed by atoms with E-state index in [1.54, 1.807) is 6.92 Å². The van der Waals surface area contributed by atoms with Gasteiger partial charge in [0.05, 0.1) is 6.10 Å². The van der Waals surface area contributed by atoms with E-state index in [4.69, 9.17) is 5.73 Å². The summed E-state index contributed by atoms with van der Waals surface area (Å²) in [4.78, 5) is 12.3. The number of anilines is 1. The van der Waals surface area contributed by atoms with Crippen LogP contribution in [-0.4, -0.2) is 17.6 Å². The fourth-order valence-corrected chi connectivity index (χ4v) is 2.86. The summed E-state index contributed by atoms with van der Waals surface area (Å²) in [6.45, 7) is 2.26. The summed E-state index contributed by atoms with van der Waals surface area (Å²) in [6.07, 6.45) is 2.42. The summed E-state index contributed by atoms with van der Waals surface area (Å²) in [5.41, 5.74) is 7.16. The van der Waals surface area contributed by atoms with Crippen LogP contribution >= 0.6 is 0 Å². The van der Waals surface area contributed by atoms with Crippen LogP contribution in [0.1, 0.15) is 37.9 Å². The second-order valence-electron chi connectivity index (χ2n) is 5.29. The molecule has 1 aromatic rings. The number of nitrogens with one attached hydrogen (secondary N) is 1. The van der Waals surface area contributed by atoms with Crippen molar-refractivity contribution in [1.29, 1.82) is 0 Å². The van der Waals surface area contributed by atoms with Crippen molar-refractivity contribution in [3.63, 3.8) is 0 Å². The Hall–Kier alpha value is -1.39. The first kappa shape index (κ1) is 14.0. The molecule has 2 rings (SSSR count). The third kappa shape index (κ3) is 3.14. The van der Waals surface area contributed by atoms with Gasteiger partial charge in [0.2, 0.25) is 5.91 Å². The fourth-order valence-electron chi connectivity index (χ4n) is 2.86. The molecule has 0 radical (unpaired) electrons. The summed E-state index contributed by atoms with van der Waals surface area (Å²) in [6, 6.07) is 7.37. The second-order valence-corrected chi connectivity index (χ2v) is 5.29. The lowest BCUT2D eigenvalue weighted by atomic mass is 9.95. The molecule has 1 amide bonds. The molecular formula is C15H22N2O2. The highest BCUT2D eigenvalue weighted by Crippen LogP contribution is 2.32. The van der Waals surface area contributed by atoms with Crippen molar-refractivity contribution in [2.75, 3.05) is 11.9 Å². The van der Waals surface area contributed by atoms with Gasteiger partial charge in [0.1, 0.15) is 0 Å². The van der Waals surface area contributed by atoms with Crippen molar-refractivity contribution in [2.24, 2.45) is 17.6 Å². The predicted octanol–water partition coefficient (Wildman–Crippen LogP) is 2.05. The molecule has 4 nitrogen and oxygen atoms in total. The van der Waals surface area contributed by atoms with Gasteiger partial charge in [-0.2, -0.15) is 0 Å². The number of nitrogens with two attached hydrogens (primary N) is 1. The molecule has 4 N–H and O–H groups in total. The molecule has 1 aliphatic rings. The van der Waals surface area contributed by atoms with Gasteiger partial charge in [-0.1, -0.05) is 24.6 Å². The highest BCUT2D eigenvalue weighted by molar-refractivity contribution is 5.93. The number of carbonyl (C=O) groups excluding carboxylic acids is 1. The highest BCUT2D eigenvalue weighted by Gasteiger charge is 2.32. The summed E-state index contributed by atoms with van der Waals surface area (Å²) in [5.74, 6) is 0.326. The Morgan fingerprint density at radius 2 is 2.21 bits per heavy atom. The Labute approximate surface area is 114 Å². The van der Waals surface area contributed by atoms with Gasteiger partial charge in [0, 0.05) is 17.2 Å². The number of benzene rings is 1. The molecule has 3 unspecified atom stereocenters. The van der Waals surface area contributed by atoms with Crippen molar-refractivity contribution in [2.45, 2.75) is 32.3 Å². The topological polar surface area (TPSA) is 75.3 Å². The molecule has 0 bridgehead atoms. The minimum atomic E-state index is -0.592. The Morgan fingerprint density at radius 1 is 1.47 bits per heavy atom. The van der Waals surface area contributed by atoms with Crippen LogP contribution in [0.15, 0.2) is 24.3 Å². The van der Waals surface area contributed by atoms with Crippen LogP contribution in [0.3, 0.4) is 0 Å². The molecule has 1 saturated carbocycles. The zero-order chi connectivity index (χ0) is 13.8. The average molecular weight is 262 g/mol. The van der Waals surface area contributed by atoms with Crippen LogP contribution in [0.25, 0.3) is 0 Å². The minimum Gasteiger partial charge on any atom is -0.389 e. The molecular weight excluding hydrogens is 240 g/mol. The van der Waals surface area contributed by atoms with E-state index in [1.165, 1.54) is 0 Å². The average Bonchev–Trinajstić information content (AvgIpc) is 2.87. The molecule has 0 saturated heterocycles.